The number of phenolic OH excluding ortho intramolecular Hbond substituents is 1. The zero-order valence-electron chi connectivity index (χ0n) is 10.2. The summed E-state index contributed by atoms with van der Waals surface area (Å²) in [6.45, 7) is 0. The van der Waals surface area contributed by atoms with Crippen LogP contribution in [0.25, 0.3) is 0 Å². The van der Waals surface area contributed by atoms with E-state index in [1.165, 1.54) is 31.4 Å². The molecule has 98 valence electrons. The van der Waals surface area contributed by atoms with Gasteiger partial charge in [0, 0.05) is 6.07 Å². The Morgan fingerprint density at radius 2 is 2.00 bits per heavy atom. The van der Waals surface area contributed by atoms with Crippen molar-refractivity contribution in [3.63, 3.8) is 0 Å². The van der Waals surface area contributed by atoms with E-state index >= 15 is 0 Å². The number of rotatable bonds is 3. The largest absolute Gasteiger partial charge is 0.506 e. The Balaban J connectivity index is 2.23. The van der Waals surface area contributed by atoms with Crippen molar-refractivity contribution in [3.05, 3.63) is 53.8 Å². The third-order valence-corrected chi connectivity index (χ3v) is 2.57. The lowest BCUT2D eigenvalue weighted by Crippen LogP contribution is -2.13. The lowest BCUT2D eigenvalue weighted by molar-refractivity contribution is 0.102. The maximum absolute atomic E-state index is 13.7. The Kier molecular flexibility index (Phi) is 3.66. The molecule has 0 aromatic heterocycles. The summed E-state index contributed by atoms with van der Waals surface area (Å²) in [4.78, 5) is 11.9. The number of hydrogen-bond donors (Lipinski definition) is 2. The van der Waals surface area contributed by atoms with Gasteiger partial charge < -0.3 is 15.2 Å². The number of benzene rings is 2. The van der Waals surface area contributed by atoms with E-state index in [4.69, 9.17) is 4.74 Å². The summed E-state index contributed by atoms with van der Waals surface area (Å²) in [6, 6.07) is 10.2. The number of para-hydroxylation sites is 2. The summed E-state index contributed by atoms with van der Waals surface area (Å²) in [6.07, 6.45) is 0. The van der Waals surface area contributed by atoms with Crippen molar-refractivity contribution in [3.8, 4) is 11.5 Å². The minimum atomic E-state index is -0.688. The van der Waals surface area contributed by atoms with Gasteiger partial charge in [0.25, 0.3) is 5.91 Å². The third kappa shape index (κ3) is 2.82. The van der Waals surface area contributed by atoms with Crippen LogP contribution >= 0.6 is 0 Å². The summed E-state index contributed by atoms with van der Waals surface area (Å²) in [7, 11) is 1.41. The topological polar surface area (TPSA) is 58.6 Å². The van der Waals surface area contributed by atoms with E-state index in [1.54, 1.807) is 12.1 Å². The van der Waals surface area contributed by atoms with Crippen molar-refractivity contribution in [2.24, 2.45) is 0 Å². The standard InChI is InChI=1S/C14H12FNO3/c1-19-9-6-7-10(11(15)8-9)14(18)16-12-4-2-3-5-13(12)17/h2-8,17H,1H3,(H,16,18). The molecule has 2 aromatic rings. The molecular weight excluding hydrogens is 249 g/mol. The molecule has 0 spiro atoms. The Morgan fingerprint density at radius 1 is 1.26 bits per heavy atom. The zero-order chi connectivity index (χ0) is 13.8. The molecule has 0 unspecified atom stereocenters. The second-order valence-electron chi connectivity index (χ2n) is 3.82. The van der Waals surface area contributed by atoms with Gasteiger partial charge in [-0.2, -0.15) is 0 Å². The summed E-state index contributed by atoms with van der Waals surface area (Å²) < 4.78 is 18.5. The summed E-state index contributed by atoms with van der Waals surface area (Å²) in [5, 5.41) is 12.0. The van der Waals surface area contributed by atoms with Crippen molar-refractivity contribution in [1.82, 2.24) is 0 Å². The van der Waals surface area contributed by atoms with E-state index in [0.717, 1.165) is 6.07 Å². The highest BCUT2D eigenvalue weighted by molar-refractivity contribution is 6.05. The number of halogens is 1. The quantitative estimate of drug-likeness (QED) is 0.835. The molecule has 0 aliphatic carbocycles. The fourth-order valence-electron chi connectivity index (χ4n) is 1.58. The number of amides is 1. The van der Waals surface area contributed by atoms with E-state index in [0.29, 0.717) is 5.75 Å². The van der Waals surface area contributed by atoms with Crippen molar-refractivity contribution in [1.29, 1.82) is 0 Å². The van der Waals surface area contributed by atoms with Crippen LogP contribution in [0.4, 0.5) is 10.1 Å². The molecule has 2 aromatic carbocycles. The molecule has 2 N–H and O–H groups in total. The highest BCUT2D eigenvalue weighted by Crippen LogP contribution is 2.23. The summed E-state index contributed by atoms with van der Waals surface area (Å²) in [5.74, 6) is -1.07. The molecule has 0 atom stereocenters. The number of hydrogen-bond acceptors (Lipinski definition) is 3. The van der Waals surface area contributed by atoms with E-state index in [-0.39, 0.29) is 17.0 Å². The first-order valence-electron chi connectivity index (χ1n) is 5.54. The van der Waals surface area contributed by atoms with E-state index in [9.17, 15) is 14.3 Å². The maximum atomic E-state index is 13.7. The van der Waals surface area contributed by atoms with E-state index in [1.807, 2.05) is 0 Å². The Bertz CT molecular complexity index is 613. The molecule has 1 amide bonds. The predicted octanol–water partition coefficient (Wildman–Crippen LogP) is 2.79. The average molecular weight is 261 g/mol. The number of ether oxygens (including phenoxy) is 1. The van der Waals surface area contributed by atoms with Gasteiger partial charge in [-0.3, -0.25) is 4.79 Å². The second-order valence-corrected chi connectivity index (χ2v) is 3.82. The first kappa shape index (κ1) is 12.9. The number of methoxy groups -OCH3 is 1. The fraction of sp³-hybridized carbons (Fsp3) is 0.0714. The van der Waals surface area contributed by atoms with Crippen LogP contribution in [0.3, 0.4) is 0 Å². The molecule has 0 bridgehead atoms. The molecule has 0 aliphatic rings. The van der Waals surface area contributed by atoms with Crippen LogP contribution < -0.4 is 10.1 Å². The first-order valence-corrected chi connectivity index (χ1v) is 5.54. The van der Waals surface area contributed by atoms with Crippen molar-refractivity contribution < 1.29 is 19.0 Å². The number of nitrogens with one attached hydrogen (secondary N) is 1. The van der Waals surface area contributed by atoms with E-state index in [2.05, 4.69) is 5.32 Å². The minimum absolute atomic E-state index is 0.0789. The monoisotopic (exact) mass is 261 g/mol. The number of carbonyl (C=O) groups is 1. The van der Waals surface area contributed by atoms with Gasteiger partial charge in [-0.15, -0.1) is 0 Å². The number of carbonyl (C=O) groups excluding carboxylic acids is 1. The smallest absolute Gasteiger partial charge is 0.258 e. The molecule has 0 aliphatic heterocycles. The van der Waals surface area contributed by atoms with Crippen molar-refractivity contribution >= 4 is 11.6 Å². The molecule has 0 fully saturated rings. The normalized spacial score (nSPS) is 10.0. The lowest BCUT2D eigenvalue weighted by atomic mass is 10.2. The van der Waals surface area contributed by atoms with Crippen LogP contribution in [0.2, 0.25) is 0 Å². The highest BCUT2D eigenvalue weighted by Gasteiger charge is 2.13. The van der Waals surface area contributed by atoms with Crippen LogP contribution in [0.15, 0.2) is 42.5 Å². The number of phenols is 1. The predicted molar refractivity (Wildman–Crippen MR) is 69.0 cm³/mol. The Labute approximate surface area is 109 Å². The zero-order valence-corrected chi connectivity index (χ0v) is 10.2. The second kappa shape index (κ2) is 5.39. The third-order valence-electron chi connectivity index (χ3n) is 2.57. The maximum Gasteiger partial charge on any atom is 0.258 e. The van der Waals surface area contributed by atoms with Crippen LogP contribution in [-0.2, 0) is 0 Å². The minimum Gasteiger partial charge on any atom is -0.506 e. The number of aromatic hydroxyl groups is 1. The SMILES string of the molecule is COc1ccc(C(=O)Nc2ccccc2O)c(F)c1. The molecule has 0 saturated carbocycles. The van der Waals surface area contributed by atoms with Gasteiger partial charge in [0.15, 0.2) is 0 Å². The molecule has 0 radical (unpaired) electrons. The molecule has 0 heterocycles. The van der Waals surface area contributed by atoms with Gasteiger partial charge in [0.05, 0.1) is 18.4 Å². The molecule has 2 rings (SSSR count). The fourth-order valence-corrected chi connectivity index (χ4v) is 1.58. The summed E-state index contributed by atoms with van der Waals surface area (Å²) >= 11 is 0. The van der Waals surface area contributed by atoms with Gasteiger partial charge >= 0.3 is 0 Å². The average Bonchev–Trinajstić information content (AvgIpc) is 2.41. The summed E-state index contributed by atoms with van der Waals surface area (Å²) in [5.41, 5.74) is 0.103. The van der Waals surface area contributed by atoms with Gasteiger partial charge in [-0.1, -0.05) is 12.1 Å². The lowest BCUT2D eigenvalue weighted by Gasteiger charge is -2.08. The van der Waals surface area contributed by atoms with E-state index < -0.39 is 11.7 Å². The van der Waals surface area contributed by atoms with Crippen LogP contribution in [0.1, 0.15) is 10.4 Å². The molecular formula is C14H12FNO3. The van der Waals surface area contributed by atoms with Gasteiger partial charge in [0.2, 0.25) is 0 Å². The molecule has 4 nitrogen and oxygen atoms in total. The van der Waals surface area contributed by atoms with Crippen LogP contribution in [0, 0.1) is 5.82 Å². The van der Waals surface area contributed by atoms with Crippen LogP contribution in [-0.4, -0.2) is 18.1 Å². The highest BCUT2D eigenvalue weighted by atomic mass is 19.1. The Hall–Kier alpha value is -2.56. The molecule has 0 saturated heterocycles. The molecule has 19 heavy (non-hydrogen) atoms. The van der Waals surface area contributed by atoms with Gasteiger partial charge in [0.1, 0.15) is 17.3 Å². The van der Waals surface area contributed by atoms with Gasteiger partial charge in [-0.25, -0.2) is 4.39 Å². The Morgan fingerprint density at radius 3 is 2.63 bits per heavy atom. The first-order chi connectivity index (χ1) is 9.11. The van der Waals surface area contributed by atoms with Crippen molar-refractivity contribution in [2.75, 3.05) is 12.4 Å². The van der Waals surface area contributed by atoms with Gasteiger partial charge in [-0.05, 0) is 24.3 Å². The number of anilines is 1. The molecule has 5 heteroatoms. The van der Waals surface area contributed by atoms with Crippen LogP contribution in [0.5, 0.6) is 11.5 Å². The van der Waals surface area contributed by atoms with Crippen molar-refractivity contribution in [2.45, 2.75) is 0 Å².